The minimum atomic E-state index is -0.639. The molecule has 2 saturated heterocycles. The molecule has 3 aromatic heterocycles. The summed E-state index contributed by atoms with van der Waals surface area (Å²) in [7, 11) is 0. The molecule has 0 aliphatic carbocycles. The van der Waals surface area contributed by atoms with Crippen LogP contribution in [-0.2, 0) is 0 Å². The van der Waals surface area contributed by atoms with Gasteiger partial charge >= 0.3 is 0 Å². The Morgan fingerprint density at radius 3 is 2.49 bits per heavy atom. The number of rotatable bonds is 6. The smallest absolute Gasteiger partial charge is 0.287 e. The van der Waals surface area contributed by atoms with Gasteiger partial charge in [0.1, 0.15) is 5.82 Å². The molecule has 2 aliphatic rings. The minimum absolute atomic E-state index is 0.0144. The molecule has 206 valence electrons. The van der Waals surface area contributed by atoms with E-state index in [0.29, 0.717) is 43.6 Å². The molecule has 0 radical (unpaired) electrons. The van der Waals surface area contributed by atoms with E-state index in [0.717, 1.165) is 31.6 Å². The number of nitrogens with two attached hydrogens (primary N) is 2. The number of nitrogens with one attached hydrogen (secondary N) is 1. The van der Waals surface area contributed by atoms with Crippen LogP contribution in [0.25, 0.3) is 5.82 Å². The number of halogens is 1. The zero-order valence-electron chi connectivity index (χ0n) is 21.8. The van der Waals surface area contributed by atoms with Crippen LogP contribution in [0, 0.1) is 0 Å². The number of pyridine rings is 1. The number of nitrogen functional groups attached to an aromatic ring is 2. The highest BCUT2D eigenvalue weighted by molar-refractivity contribution is 6.32. The minimum Gasteiger partial charge on any atom is -0.382 e. The number of hydrogen-bond acceptors (Lipinski definition) is 9. The number of piperidine rings is 1. The lowest BCUT2D eigenvalue weighted by Crippen LogP contribution is -2.58. The maximum atomic E-state index is 13.1. The van der Waals surface area contributed by atoms with Crippen molar-refractivity contribution in [3.05, 3.63) is 59.3 Å². The Morgan fingerprint density at radius 1 is 1.10 bits per heavy atom. The van der Waals surface area contributed by atoms with Gasteiger partial charge in [0, 0.05) is 63.4 Å². The number of carbonyl (C=O) groups is 2. The SMILES string of the molecule is CC[C@H]1CN(c2nc(N)c(C(=O)NN)nc2Cl)CCN1C1CCN(C(=O)c2ccc(-n3cccc3)nc2)CC1. The molecule has 5 heterocycles. The summed E-state index contributed by atoms with van der Waals surface area (Å²) < 4.78 is 1.91. The molecule has 1 atom stereocenters. The number of piperazine rings is 1. The summed E-state index contributed by atoms with van der Waals surface area (Å²) in [5.41, 5.74) is 8.49. The van der Waals surface area contributed by atoms with E-state index < -0.39 is 5.91 Å². The highest BCUT2D eigenvalue weighted by Gasteiger charge is 2.35. The van der Waals surface area contributed by atoms with Crippen molar-refractivity contribution in [2.24, 2.45) is 5.84 Å². The quantitative estimate of drug-likeness (QED) is 0.236. The lowest BCUT2D eigenvalue weighted by atomic mass is 9.98. The molecule has 2 amide bonds. The molecule has 0 bridgehead atoms. The summed E-state index contributed by atoms with van der Waals surface area (Å²) in [6.45, 7) is 5.82. The Hall–Kier alpha value is -3.74. The van der Waals surface area contributed by atoms with Gasteiger partial charge in [-0.15, -0.1) is 0 Å². The Morgan fingerprint density at radius 2 is 1.85 bits per heavy atom. The van der Waals surface area contributed by atoms with E-state index in [2.05, 4.69) is 31.7 Å². The predicted octanol–water partition coefficient (Wildman–Crippen LogP) is 1.71. The Balaban J connectivity index is 1.19. The van der Waals surface area contributed by atoms with Gasteiger partial charge in [0.25, 0.3) is 11.8 Å². The predicted molar refractivity (Wildman–Crippen MR) is 149 cm³/mol. The molecule has 5 N–H and O–H groups in total. The summed E-state index contributed by atoms with van der Waals surface area (Å²) in [5.74, 6) is 5.82. The number of amides is 2. The molecule has 0 spiro atoms. The zero-order chi connectivity index (χ0) is 27.5. The molecular formula is C26H33ClN10O2. The monoisotopic (exact) mass is 552 g/mol. The fraction of sp³-hybridized carbons (Fsp3) is 0.423. The number of hydrogen-bond donors (Lipinski definition) is 3. The zero-order valence-corrected chi connectivity index (χ0v) is 22.6. The van der Waals surface area contributed by atoms with Gasteiger partial charge < -0.3 is 20.1 Å². The van der Waals surface area contributed by atoms with Gasteiger partial charge in [0.2, 0.25) is 0 Å². The summed E-state index contributed by atoms with van der Waals surface area (Å²) in [6, 6.07) is 8.26. The summed E-state index contributed by atoms with van der Waals surface area (Å²) in [6.07, 6.45) is 8.28. The number of nitrogens with zero attached hydrogens (tertiary/aromatic N) is 7. The van der Waals surface area contributed by atoms with Crippen molar-refractivity contribution in [1.29, 1.82) is 0 Å². The third kappa shape index (κ3) is 5.54. The van der Waals surface area contributed by atoms with Crippen molar-refractivity contribution >= 4 is 35.1 Å². The van der Waals surface area contributed by atoms with Gasteiger partial charge in [-0.3, -0.25) is 19.9 Å². The van der Waals surface area contributed by atoms with Crippen LogP contribution in [0.2, 0.25) is 5.15 Å². The van der Waals surface area contributed by atoms with Crippen molar-refractivity contribution in [3.63, 3.8) is 0 Å². The van der Waals surface area contributed by atoms with Crippen LogP contribution in [0.4, 0.5) is 11.6 Å². The first-order valence-electron chi connectivity index (χ1n) is 13.1. The van der Waals surface area contributed by atoms with Gasteiger partial charge in [-0.2, -0.15) is 0 Å². The lowest BCUT2D eigenvalue weighted by molar-refractivity contribution is 0.0490. The van der Waals surface area contributed by atoms with Gasteiger partial charge in [-0.05, 0) is 43.5 Å². The average Bonchev–Trinajstić information content (AvgIpc) is 3.52. The van der Waals surface area contributed by atoms with Crippen LogP contribution in [0.3, 0.4) is 0 Å². The van der Waals surface area contributed by atoms with Crippen LogP contribution in [0.1, 0.15) is 47.0 Å². The molecule has 0 saturated carbocycles. The van der Waals surface area contributed by atoms with Crippen molar-refractivity contribution < 1.29 is 9.59 Å². The number of likely N-dealkylation sites (tertiary alicyclic amines) is 1. The molecule has 13 heteroatoms. The molecule has 3 aromatic rings. The molecule has 12 nitrogen and oxygen atoms in total. The van der Waals surface area contributed by atoms with Crippen LogP contribution < -0.4 is 21.9 Å². The topological polar surface area (TPSA) is 152 Å². The number of hydrazine groups is 1. The Kier molecular flexibility index (Phi) is 7.96. The van der Waals surface area contributed by atoms with Crippen LogP contribution in [-0.4, -0.2) is 85.9 Å². The van der Waals surface area contributed by atoms with E-state index in [1.54, 1.807) is 6.20 Å². The van der Waals surface area contributed by atoms with Gasteiger partial charge in [-0.1, -0.05) is 18.5 Å². The first-order chi connectivity index (χ1) is 18.9. The number of anilines is 2. The fourth-order valence-electron chi connectivity index (χ4n) is 5.50. The maximum Gasteiger partial charge on any atom is 0.287 e. The third-order valence-corrected chi connectivity index (χ3v) is 7.85. The first-order valence-corrected chi connectivity index (χ1v) is 13.5. The Labute approximate surface area is 231 Å². The summed E-state index contributed by atoms with van der Waals surface area (Å²) in [5, 5.41) is 0.119. The van der Waals surface area contributed by atoms with Crippen molar-refractivity contribution in [2.75, 3.05) is 43.4 Å². The fourth-order valence-corrected chi connectivity index (χ4v) is 5.74. The third-order valence-electron chi connectivity index (χ3n) is 7.59. The molecule has 2 fully saturated rings. The number of carbonyl (C=O) groups excluding carboxylic acids is 2. The van der Waals surface area contributed by atoms with Crippen LogP contribution in [0.15, 0.2) is 42.9 Å². The van der Waals surface area contributed by atoms with E-state index in [1.165, 1.54) is 0 Å². The molecule has 2 aliphatic heterocycles. The van der Waals surface area contributed by atoms with Crippen molar-refractivity contribution in [2.45, 2.75) is 38.3 Å². The van der Waals surface area contributed by atoms with Crippen molar-refractivity contribution in [3.8, 4) is 5.82 Å². The van der Waals surface area contributed by atoms with E-state index >= 15 is 0 Å². The maximum absolute atomic E-state index is 13.1. The molecule has 0 unspecified atom stereocenters. The average molecular weight is 553 g/mol. The van der Waals surface area contributed by atoms with E-state index in [9.17, 15) is 9.59 Å². The van der Waals surface area contributed by atoms with Crippen LogP contribution in [0.5, 0.6) is 0 Å². The highest BCUT2D eigenvalue weighted by Crippen LogP contribution is 2.30. The van der Waals surface area contributed by atoms with E-state index in [-0.39, 0.29) is 28.6 Å². The van der Waals surface area contributed by atoms with Gasteiger partial charge in [0.15, 0.2) is 22.5 Å². The molecule has 0 aromatic carbocycles. The summed E-state index contributed by atoms with van der Waals surface area (Å²) >= 11 is 6.39. The molecule has 5 rings (SSSR count). The van der Waals surface area contributed by atoms with Gasteiger partial charge in [-0.25, -0.2) is 20.8 Å². The molecular weight excluding hydrogens is 520 g/mol. The van der Waals surface area contributed by atoms with Gasteiger partial charge in [0.05, 0.1) is 5.56 Å². The second kappa shape index (κ2) is 11.6. The number of aromatic nitrogens is 4. The first kappa shape index (κ1) is 26.9. The molecule has 39 heavy (non-hydrogen) atoms. The standard InChI is InChI=1S/C26H33ClN10O2/c1-2-18-16-36(24-22(27)31-21(23(28)32-24)25(38)33-29)13-14-37(18)19-7-11-35(12-8-19)26(39)17-5-6-20(30-15-17)34-9-3-4-10-34/h3-6,9-10,15,18-19H,2,7-8,11-14,16,29H2,1H3,(H2,28,32)(H,33,38)/t18-/m0/s1. The second-order valence-electron chi connectivity index (χ2n) is 9.81. The lowest BCUT2D eigenvalue weighted by Gasteiger charge is -2.47. The largest absolute Gasteiger partial charge is 0.382 e. The van der Waals surface area contributed by atoms with E-state index in [4.69, 9.17) is 23.2 Å². The highest BCUT2D eigenvalue weighted by atomic mass is 35.5. The van der Waals surface area contributed by atoms with Crippen molar-refractivity contribution in [1.82, 2.24) is 34.7 Å². The van der Waals surface area contributed by atoms with Crippen LogP contribution >= 0.6 is 11.6 Å². The second-order valence-corrected chi connectivity index (χ2v) is 10.2. The summed E-state index contributed by atoms with van der Waals surface area (Å²) in [4.78, 5) is 44.5. The normalized spacial score (nSPS) is 18.8. The van der Waals surface area contributed by atoms with E-state index in [1.807, 2.05) is 51.6 Å². The Bertz CT molecular complexity index is 1310.